The van der Waals surface area contributed by atoms with Crippen LogP contribution in [0.3, 0.4) is 0 Å². The second kappa shape index (κ2) is 6.40. The van der Waals surface area contributed by atoms with E-state index < -0.39 is 26.7 Å². The largest absolute Gasteiger partial charge is 0.407 e. The Morgan fingerprint density at radius 1 is 1.48 bits per heavy atom. The van der Waals surface area contributed by atoms with E-state index in [1.54, 1.807) is 17.0 Å². The SMILES string of the molecule is CC1CCCN(C(=O)CS(=O)(=O)c2nnc(-c3cccs3)o2)C1. The van der Waals surface area contributed by atoms with Gasteiger partial charge in [-0.2, -0.15) is 0 Å². The Bertz CT molecular complexity index is 783. The first kappa shape index (κ1) is 16.1. The van der Waals surface area contributed by atoms with Crippen LogP contribution in [0.1, 0.15) is 19.8 Å². The van der Waals surface area contributed by atoms with Gasteiger partial charge in [0.1, 0.15) is 5.75 Å². The van der Waals surface area contributed by atoms with E-state index in [-0.39, 0.29) is 5.89 Å². The van der Waals surface area contributed by atoms with Gasteiger partial charge in [0.05, 0.1) is 4.88 Å². The first-order valence-electron chi connectivity index (χ1n) is 7.33. The molecule has 1 atom stereocenters. The lowest BCUT2D eigenvalue weighted by Crippen LogP contribution is -2.42. The van der Waals surface area contributed by atoms with Crippen LogP contribution in [0.5, 0.6) is 0 Å². The summed E-state index contributed by atoms with van der Waals surface area (Å²) in [6, 6.07) is 3.56. The fourth-order valence-corrected chi connectivity index (χ4v) is 4.21. The zero-order chi connectivity index (χ0) is 16.4. The maximum atomic E-state index is 12.3. The summed E-state index contributed by atoms with van der Waals surface area (Å²) in [7, 11) is -3.92. The number of amides is 1. The Morgan fingerprint density at radius 3 is 3.00 bits per heavy atom. The predicted molar refractivity (Wildman–Crippen MR) is 84.6 cm³/mol. The third-order valence-electron chi connectivity index (χ3n) is 3.73. The molecule has 0 bridgehead atoms. The van der Waals surface area contributed by atoms with E-state index in [9.17, 15) is 13.2 Å². The summed E-state index contributed by atoms with van der Waals surface area (Å²) in [6.45, 7) is 3.25. The summed E-state index contributed by atoms with van der Waals surface area (Å²) in [5.41, 5.74) is 0. The van der Waals surface area contributed by atoms with Gasteiger partial charge < -0.3 is 9.32 Å². The minimum Gasteiger partial charge on any atom is -0.407 e. The fraction of sp³-hybridized carbons (Fsp3) is 0.500. The Morgan fingerprint density at radius 2 is 2.30 bits per heavy atom. The number of nitrogens with zero attached hydrogens (tertiary/aromatic N) is 3. The number of carbonyl (C=O) groups is 1. The Hall–Kier alpha value is -1.74. The molecule has 3 rings (SSSR count). The molecule has 2 aromatic heterocycles. The van der Waals surface area contributed by atoms with E-state index in [2.05, 4.69) is 17.1 Å². The lowest BCUT2D eigenvalue weighted by atomic mass is 10.0. The highest BCUT2D eigenvalue weighted by Crippen LogP contribution is 2.25. The van der Waals surface area contributed by atoms with Crippen molar-refractivity contribution in [3.63, 3.8) is 0 Å². The highest BCUT2D eigenvalue weighted by atomic mass is 32.2. The van der Waals surface area contributed by atoms with Crippen molar-refractivity contribution >= 4 is 27.1 Å². The molecule has 2 aromatic rings. The van der Waals surface area contributed by atoms with Crippen molar-refractivity contribution in [1.29, 1.82) is 0 Å². The van der Waals surface area contributed by atoms with Gasteiger partial charge in [-0.25, -0.2) is 8.42 Å². The summed E-state index contributed by atoms with van der Waals surface area (Å²) in [5.74, 6) is -0.500. The first-order valence-corrected chi connectivity index (χ1v) is 9.87. The van der Waals surface area contributed by atoms with Crippen LogP contribution in [0.15, 0.2) is 27.2 Å². The molecular formula is C14H17N3O4S2. The highest BCUT2D eigenvalue weighted by molar-refractivity contribution is 7.91. The number of hydrogen-bond donors (Lipinski definition) is 0. The van der Waals surface area contributed by atoms with E-state index in [4.69, 9.17) is 4.42 Å². The van der Waals surface area contributed by atoms with Crippen molar-refractivity contribution in [2.75, 3.05) is 18.8 Å². The molecule has 0 N–H and O–H groups in total. The number of aromatic nitrogens is 2. The second-order valence-corrected chi connectivity index (χ2v) is 8.51. The van der Waals surface area contributed by atoms with Crippen LogP contribution < -0.4 is 0 Å². The topological polar surface area (TPSA) is 93.4 Å². The zero-order valence-corrected chi connectivity index (χ0v) is 14.3. The van der Waals surface area contributed by atoms with Gasteiger partial charge in [0.2, 0.25) is 15.7 Å². The third-order valence-corrected chi connectivity index (χ3v) is 5.91. The number of sulfone groups is 1. The minimum atomic E-state index is -3.92. The lowest BCUT2D eigenvalue weighted by molar-refractivity contribution is -0.130. The number of hydrogen-bond acceptors (Lipinski definition) is 7. The van der Waals surface area contributed by atoms with E-state index in [1.807, 2.05) is 5.38 Å². The van der Waals surface area contributed by atoms with Crippen molar-refractivity contribution in [2.24, 2.45) is 5.92 Å². The molecule has 0 aliphatic carbocycles. The first-order chi connectivity index (χ1) is 11.0. The van der Waals surface area contributed by atoms with Crippen molar-refractivity contribution in [3.05, 3.63) is 17.5 Å². The molecule has 1 amide bonds. The summed E-state index contributed by atoms with van der Waals surface area (Å²) >= 11 is 1.37. The van der Waals surface area contributed by atoms with Gasteiger partial charge >= 0.3 is 5.22 Å². The van der Waals surface area contributed by atoms with Gasteiger partial charge in [-0.3, -0.25) is 4.79 Å². The number of carbonyl (C=O) groups excluding carboxylic acids is 1. The molecule has 1 saturated heterocycles. The minimum absolute atomic E-state index is 0.151. The highest BCUT2D eigenvalue weighted by Gasteiger charge is 2.30. The molecule has 1 aliphatic heterocycles. The number of piperidine rings is 1. The molecule has 0 saturated carbocycles. The van der Waals surface area contributed by atoms with Crippen molar-refractivity contribution in [2.45, 2.75) is 25.0 Å². The van der Waals surface area contributed by atoms with Crippen LogP contribution in [0.25, 0.3) is 10.8 Å². The molecule has 124 valence electrons. The Labute approximate surface area is 138 Å². The average molecular weight is 355 g/mol. The quantitative estimate of drug-likeness (QED) is 0.830. The summed E-state index contributed by atoms with van der Waals surface area (Å²) in [6.07, 6.45) is 1.96. The molecular weight excluding hydrogens is 338 g/mol. The van der Waals surface area contributed by atoms with Crippen LogP contribution >= 0.6 is 11.3 Å². The summed E-state index contributed by atoms with van der Waals surface area (Å²) in [4.78, 5) is 14.5. The van der Waals surface area contributed by atoms with Gasteiger partial charge in [-0.1, -0.05) is 18.1 Å². The van der Waals surface area contributed by atoms with Crippen LogP contribution in [-0.2, 0) is 14.6 Å². The Kier molecular flexibility index (Phi) is 4.49. The van der Waals surface area contributed by atoms with Gasteiger partial charge in [-0.05, 0) is 30.2 Å². The third kappa shape index (κ3) is 3.61. The van der Waals surface area contributed by atoms with Crippen molar-refractivity contribution in [3.8, 4) is 10.8 Å². The normalized spacial score (nSPS) is 19.0. The van der Waals surface area contributed by atoms with Crippen molar-refractivity contribution < 1.29 is 17.6 Å². The fourth-order valence-electron chi connectivity index (χ4n) is 2.57. The Balaban J connectivity index is 1.73. The predicted octanol–water partition coefficient (Wildman–Crippen LogP) is 1.83. The maximum absolute atomic E-state index is 12.3. The van der Waals surface area contributed by atoms with Crippen LogP contribution in [-0.4, -0.2) is 48.3 Å². The molecule has 3 heterocycles. The van der Waals surface area contributed by atoms with Crippen LogP contribution in [0, 0.1) is 5.92 Å². The zero-order valence-electron chi connectivity index (χ0n) is 12.6. The second-order valence-electron chi connectivity index (χ2n) is 5.70. The molecule has 0 spiro atoms. The van der Waals surface area contributed by atoms with E-state index in [1.165, 1.54) is 11.3 Å². The van der Waals surface area contributed by atoms with Crippen molar-refractivity contribution in [1.82, 2.24) is 15.1 Å². The van der Waals surface area contributed by atoms with Gasteiger partial charge in [0, 0.05) is 13.1 Å². The molecule has 0 radical (unpaired) electrons. The number of rotatable bonds is 4. The molecule has 1 aliphatic rings. The maximum Gasteiger partial charge on any atom is 0.336 e. The van der Waals surface area contributed by atoms with Gasteiger partial charge in [0.15, 0.2) is 0 Å². The lowest BCUT2D eigenvalue weighted by Gasteiger charge is -2.30. The van der Waals surface area contributed by atoms with Gasteiger partial charge in [0.25, 0.3) is 5.89 Å². The summed E-state index contributed by atoms with van der Waals surface area (Å²) < 4.78 is 29.9. The van der Waals surface area contributed by atoms with E-state index in [0.717, 1.165) is 12.8 Å². The smallest absolute Gasteiger partial charge is 0.336 e. The molecule has 1 unspecified atom stereocenters. The van der Waals surface area contributed by atoms with Crippen LogP contribution in [0.4, 0.5) is 0 Å². The molecule has 0 aromatic carbocycles. The average Bonchev–Trinajstić information content (AvgIpc) is 3.18. The van der Waals surface area contributed by atoms with Gasteiger partial charge in [-0.15, -0.1) is 16.4 Å². The number of likely N-dealkylation sites (tertiary alicyclic amines) is 1. The monoisotopic (exact) mass is 355 g/mol. The van der Waals surface area contributed by atoms with E-state index >= 15 is 0 Å². The van der Waals surface area contributed by atoms with E-state index in [0.29, 0.717) is 23.9 Å². The molecule has 9 heteroatoms. The molecule has 7 nitrogen and oxygen atoms in total. The standard InChI is InChI=1S/C14H17N3O4S2/c1-10-4-2-6-17(8-10)12(18)9-23(19,20)14-16-15-13(21-14)11-5-3-7-22-11/h3,5,7,10H,2,4,6,8-9H2,1H3. The summed E-state index contributed by atoms with van der Waals surface area (Å²) in [5, 5.41) is 8.66. The molecule has 1 fully saturated rings. The van der Waals surface area contributed by atoms with Crippen LogP contribution in [0.2, 0.25) is 0 Å². The molecule has 23 heavy (non-hydrogen) atoms. The number of thiophene rings is 1.